The second kappa shape index (κ2) is 10.6. The quantitative estimate of drug-likeness (QED) is 0.508. The molecule has 0 saturated carbocycles. The second-order valence-electron chi connectivity index (χ2n) is 5.49. The number of hydrogen-bond donors (Lipinski definition) is 2. The Kier molecular flexibility index (Phi) is 8.23. The van der Waals surface area contributed by atoms with Gasteiger partial charge in [0.05, 0.1) is 18.2 Å². The first-order chi connectivity index (χ1) is 13.0. The highest BCUT2D eigenvalue weighted by atomic mass is 35.5. The molecule has 2 amide bonds. The molecular formula is C19H20Cl2N2O4. The van der Waals surface area contributed by atoms with Crippen molar-refractivity contribution >= 4 is 35.0 Å². The van der Waals surface area contributed by atoms with Crippen LogP contribution in [0.4, 0.5) is 0 Å². The summed E-state index contributed by atoms with van der Waals surface area (Å²) < 4.78 is 10.8. The van der Waals surface area contributed by atoms with Crippen molar-refractivity contribution in [1.29, 1.82) is 0 Å². The Morgan fingerprint density at radius 1 is 1.00 bits per heavy atom. The number of halogens is 2. The Bertz CT molecular complexity index is 782. The van der Waals surface area contributed by atoms with E-state index in [1.807, 2.05) is 6.92 Å². The summed E-state index contributed by atoms with van der Waals surface area (Å²) in [4.78, 5) is 23.8. The van der Waals surface area contributed by atoms with E-state index in [2.05, 4.69) is 10.9 Å². The third-order valence-electron chi connectivity index (χ3n) is 3.44. The second-order valence-corrected chi connectivity index (χ2v) is 6.33. The van der Waals surface area contributed by atoms with Gasteiger partial charge in [0, 0.05) is 17.0 Å². The van der Waals surface area contributed by atoms with Crippen LogP contribution in [0.3, 0.4) is 0 Å². The lowest BCUT2D eigenvalue weighted by Gasteiger charge is -2.10. The third-order valence-corrected chi connectivity index (χ3v) is 3.97. The minimum absolute atomic E-state index is 0.189. The molecule has 2 aromatic carbocycles. The lowest BCUT2D eigenvalue weighted by Crippen LogP contribution is -2.41. The normalized spacial score (nSPS) is 10.2. The molecule has 0 heterocycles. The van der Waals surface area contributed by atoms with Crippen molar-refractivity contribution in [3.05, 3.63) is 58.1 Å². The summed E-state index contributed by atoms with van der Waals surface area (Å²) in [6.07, 6.45) is 0.651. The number of carbonyl (C=O) groups is 2. The van der Waals surface area contributed by atoms with Gasteiger partial charge in [-0.15, -0.1) is 0 Å². The minimum atomic E-state index is -0.407. The molecular weight excluding hydrogens is 391 g/mol. The van der Waals surface area contributed by atoms with Crippen LogP contribution in [0.25, 0.3) is 0 Å². The molecule has 8 heteroatoms. The van der Waals surface area contributed by atoms with Crippen molar-refractivity contribution in [3.8, 4) is 11.5 Å². The molecule has 0 fully saturated rings. The van der Waals surface area contributed by atoms with Gasteiger partial charge in [0.15, 0.2) is 0 Å². The van der Waals surface area contributed by atoms with Gasteiger partial charge in [-0.3, -0.25) is 20.4 Å². The van der Waals surface area contributed by atoms with E-state index < -0.39 is 5.91 Å². The lowest BCUT2D eigenvalue weighted by atomic mass is 10.2. The average molecular weight is 411 g/mol. The van der Waals surface area contributed by atoms with Crippen molar-refractivity contribution in [3.63, 3.8) is 0 Å². The number of amides is 2. The van der Waals surface area contributed by atoms with Crippen LogP contribution in [-0.4, -0.2) is 25.0 Å². The third kappa shape index (κ3) is 7.00. The summed E-state index contributed by atoms with van der Waals surface area (Å²) in [5.74, 6) is 0.458. The van der Waals surface area contributed by atoms with Crippen LogP contribution >= 0.6 is 23.2 Å². The van der Waals surface area contributed by atoms with E-state index in [4.69, 9.17) is 32.7 Å². The van der Waals surface area contributed by atoms with Gasteiger partial charge in [0.1, 0.15) is 11.5 Å². The van der Waals surface area contributed by atoms with Crippen LogP contribution in [-0.2, 0) is 4.79 Å². The monoisotopic (exact) mass is 410 g/mol. The maximum atomic E-state index is 12.0. The number of nitrogens with one attached hydrogen (secondary N) is 2. The highest BCUT2D eigenvalue weighted by Crippen LogP contribution is 2.27. The van der Waals surface area contributed by atoms with Gasteiger partial charge in [-0.05, 0) is 55.8 Å². The van der Waals surface area contributed by atoms with E-state index in [9.17, 15) is 9.59 Å². The molecule has 144 valence electrons. The van der Waals surface area contributed by atoms with E-state index in [1.165, 1.54) is 0 Å². The SMILES string of the molecule is CCOc1ccc(C(=O)NNC(=O)CCCOc2ccc(Cl)cc2Cl)cc1. The van der Waals surface area contributed by atoms with Crippen LogP contribution in [0.2, 0.25) is 10.0 Å². The summed E-state index contributed by atoms with van der Waals surface area (Å²) in [7, 11) is 0. The molecule has 0 aliphatic carbocycles. The predicted molar refractivity (Wildman–Crippen MR) is 104 cm³/mol. The Balaban J connectivity index is 1.67. The molecule has 0 bridgehead atoms. The summed E-state index contributed by atoms with van der Waals surface area (Å²) in [5, 5.41) is 0.935. The summed E-state index contributed by atoms with van der Waals surface area (Å²) in [5.41, 5.74) is 5.15. The molecule has 2 rings (SSSR count). The Labute approximate surface area is 167 Å². The van der Waals surface area contributed by atoms with E-state index in [-0.39, 0.29) is 12.3 Å². The topological polar surface area (TPSA) is 76.7 Å². The summed E-state index contributed by atoms with van der Waals surface area (Å²) in [6.45, 7) is 2.74. The highest BCUT2D eigenvalue weighted by Gasteiger charge is 2.08. The number of rotatable bonds is 8. The van der Waals surface area contributed by atoms with Crippen LogP contribution in [0, 0.1) is 0 Å². The van der Waals surface area contributed by atoms with Crippen molar-refractivity contribution in [2.24, 2.45) is 0 Å². The molecule has 2 aromatic rings. The van der Waals surface area contributed by atoms with Gasteiger partial charge in [-0.1, -0.05) is 23.2 Å². The molecule has 0 aliphatic rings. The minimum Gasteiger partial charge on any atom is -0.494 e. The predicted octanol–water partition coefficient (Wildman–Crippen LogP) is 4.01. The molecule has 6 nitrogen and oxygen atoms in total. The van der Waals surface area contributed by atoms with Gasteiger partial charge in [-0.2, -0.15) is 0 Å². The fraction of sp³-hybridized carbons (Fsp3) is 0.263. The Hall–Kier alpha value is -2.44. The molecule has 27 heavy (non-hydrogen) atoms. The number of hydrogen-bond acceptors (Lipinski definition) is 4. The molecule has 0 saturated heterocycles. The van der Waals surface area contributed by atoms with Crippen molar-refractivity contribution in [2.75, 3.05) is 13.2 Å². The van der Waals surface area contributed by atoms with Crippen molar-refractivity contribution in [1.82, 2.24) is 10.9 Å². The van der Waals surface area contributed by atoms with Crippen molar-refractivity contribution in [2.45, 2.75) is 19.8 Å². The smallest absolute Gasteiger partial charge is 0.269 e. The fourth-order valence-corrected chi connectivity index (χ4v) is 2.60. The Morgan fingerprint density at radius 3 is 2.41 bits per heavy atom. The van der Waals surface area contributed by atoms with Gasteiger partial charge >= 0.3 is 0 Å². The van der Waals surface area contributed by atoms with E-state index in [0.29, 0.717) is 46.7 Å². The number of carbonyl (C=O) groups excluding carboxylic acids is 2. The lowest BCUT2D eigenvalue weighted by molar-refractivity contribution is -0.122. The van der Waals surface area contributed by atoms with Crippen LogP contribution in [0.5, 0.6) is 11.5 Å². The molecule has 0 aromatic heterocycles. The molecule has 0 aliphatic heterocycles. The molecule has 0 spiro atoms. The van der Waals surface area contributed by atoms with Gasteiger partial charge in [-0.25, -0.2) is 0 Å². The molecule has 0 atom stereocenters. The van der Waals surface area contributed by atoms with Gasteiger partial charge < -0.3 is 9.47 Å². The number of benzene rings is 2. The van der Waals surface area contributed by atoms with Crippen LogP contribution in [0.15, 0.2) is 42.5 Å². The molecule has 2 N–H and O–H groups in total. The average Bonchev–Trinajstić information content (AvgIpc) is 2.65. The van der Waals surface area contributed by atoms with E-state index in [1.54, 1.807) is 42.5 Å². The van der Waals surface area contributed by atoms with Gasteiger partial charge in [0.2, 0.25) is 5.91 Å². The van der Waals surface area contributed by atoms with Crippen LogP contribution in [0.1, 0.15) is 30.1 Å². The van der Waals surface area contributed by atoms with Crippen LogP contribution < -0.4 is 20.3 Å². The Morgan fingerprint density at radius 2 is 1.74 bits per heavy atom. The molecule has 0 unspecified atom stereocenters. The zero-order valence-corrected chi connectivity index (χ0v) is 16.3. The maximum absolute atomic E-state index is 12.0. The first-order valence-corrected chi connectivity index (χ1v) is 9.15. The van der Waals surface area contributed by atoms with Gasteiger partial charge in [0.25, 0.3) is 5.91 Å². The van der Waals surface area contributed by atoms with E-state index >= 15 is 0 Å². The molecule has 0 radical (unpaired) electrons. The number of hydrazine groups is 1. The highest BCUT2D eigenvalue weighted by molar-refractivity contribution is 6.35. The standard InChI is InChI=1S/C19H20Cl2N2O4/c1-2-26-15-8-5-13(6-9-15)19(25)23-22-18(24)4-3-11-27-17-10-7-14(20)12-16(17)21/h5-10,12H,2-4,11H2,1H3,(H,22,24)(H,23,25). The van der Waals surface area contributed by atoms with E-state index in [0.717, 1.165) is 0 Å². The zero-order valence-electron chi connectivity index (χ0n) is 14.8. The van der Waals surface area contributed by atoms with Crippen molar-refractivity contribution < 1.29 is 19.1 Å². The maximum Gasteiger partial charge on any atom is 0.269 e. The fourth-order valence-electron chi connectivity index (χ4n) is 2.14. The largest absolute Gasteiger partial charge is 0.494 e. The number of ether oxygens (including phenoxy) is 2. The first kappa shape index (κ1) is 20.9. The summed E-state index contributed by atoms with van der Waals surface area (Å²) in [6, 6.07) is 11.6. The first-order valence-electron chi connectivity index (χ1n) is 8.39. The zero-order chi connectivity index (χ0) is 19.6. The summed E-state index contributed by atoms with van der Waals surface area (Å²) >= 11 is 11.8.